The summed E-state index contributed by atoms with van der Waals surface area (Å²) in [4.78, 5) is 25.8. The van der Waals surface area contributed by atoms with E-state index in [0.717, 1.165) is 5.69 Å². The first-order valence-corrected chi connectivity index (χ1v) is 9.87. The number of nitrogens with zero attached hydrogens (tertiary/aromatic N) is 5. The first kappa shape index (κ1) is 20.6. The first-order chi connectivity index (χ1) is 15.5. The average molecular weight is 424 g/mol. The van der Waals surface area contributed by atoms with E-state index >= 15 is 0 Å². The van der Waals surface area contributed by atoms with E-state index in [2.05, 4.69) is 10.4 Å². The lowest BCUT2D eigenvalue weighted by Gasteiger charge is -2.07. The van der Waals surface area contributed by atoms with Gasteiger partial charge in [-0.15, -0.1) is 0 Å². The molecule has 0 bridgehead atoms. The van der Waals surface area contributed by atoms with Gasteiger partial charge in [-0.2, -0.15) is 10.4 Å². The van der Waals surface area contributed by atoms with Gasteiger partial charge in [0, 0.05) is 18.8 Å². The number of rotatable bonds is 5. The predicted octanol–water partition coefficient (Wildman–Crippen LogP) is 3.22. The maximum atomic E-state index is 13.0. The lowest BCUT2D eigenvalue weighted by Crippen LogP contribution is -2.23. The lowest BCUT2D eigenvalue weighted by molar-refractivity contribution is -0.112. The van der Waals surface area contributed by atoms with Crippen molar-refractivity contribution in [1.29, 1.82) is 5.26 Å². The van der Waals surface area contributed by atoms with E-state index in [4.69, 9.17) is 0 Å². The van der Waals surface area contributed by atoms with Gasteiger partial charge in [-0.3, -0.25) is 14.3 Å². The Balaban J connectivity index is 1.62. The molecule has 0 fully saturated rings. The van der Waals surface area contributed by atoms with E-state index in [9.17, 15) is 14.9 Å². The van der Waals surface area contributed by atoms with Crippen LogP contribution in [0.4, 0.5) is 5.69 Å². The molecule has 4 rings (SSSR count). The number of benzene rings is 2. The number of nitriles is 1. The van der Waals surface area contributed by atoms with Crippen LogP contribution in [0.2, 0.25) is 0 Å². The minimum atomic E-state index is -0.661. The topological polar surface area (TPSA) is 97.6 Å². The van der Waals surface area contributed by atoms with Gasteiger partial charge in [-0.05, 0) is 37.3 Å². The van der Waals surface area contributed by atoms with Gasteiger partial charge in [-0.25, -0.2) is 9.36 Å². The van der Waals surface area contributed by atoms with E-state index in [1.807, 2.05) is 54.6 Å². The number of carbonyl (C=O) groups is 1. The highest BCUT2D eigenvalue weighted by molar-refractivity contribution is 6.09. The summed E-state index contributed by atoms with van der Waals surface area (Å²) in [5, 5.41) is 16.4. The summed E-state index contributed by atoms with van der Waals surface area (Å²) < 4.78 is 4.77. The molecule has 158 valence electrons. The highest BCUT2D eigenvalue weighted by atomic mass is 16.2. The number of hydrogen-bond acceptors (Lipinski definition) is 4. The minimum Gasteiger partial charge on any atom is -0.315 e. The molecule has 0 aliphatic carbocycles. The summed E-state index contributed by atoms with van der Waals surface area (Å²) in [5.41, 5.74) is 2.31. The van der Waals surface area contributed by atoms with Crippen molar-refractivity contribution in [3.63, 3.8) is 0 Å². The molecule has 32 heavy (non-hydrogen) atoms. The zero-order valence-electron chi connectivity index (χ0n) is 17.6. The standard InChI is InChI=1S/C24H20N6O2/c1-17-22(24(32)30(28(17)2)21-11-7-4-8-12-21)27-23(31)19(14-25)13-18-15-26-29(16-18)20-9-5-3-6-10-20/h3-13,15-16H,1-2H3,(H,27,31)/b19-13+. The van der Waals surface area contributed by atoms with Crippen LogP contribution < -0.4 is 10.9 Å². The number of nitrogens with one attached hydrogen (secondary N) is 1. The molecule has 0 unspecified atom stereocenters. The van der Waals surface area contributed by atoms with E-state index in [-0.39, 0.29) is 16.8 Å². The Bertz CT molecular complexity index is 1400. The highest BCUT2D eigenvalue weighted by Crippen LogP contribution is 2.16. The first-order valence-electron chi connectivity index (χ1n) is 9.87. The average Bonchev–Trinajstić information content (AvgIpc) is 3.37. The molecule has 0 atom stereocenters. The molecule has 0 saturated carbocycles. The van der Waals surface area contributed by atoms with Gasteiger partial charge in [0.15, 0.2) is 0 Å². The van der Waals surface area contributed by atoms with Crippen molar-refractivity contribution in [3.8, 4) is 17.4 Å². The molecular formula is C24H20N6O2. The van der Waals surface area contributed by atoms with Crippen LogP contribution in [0.1, 0.15) is 11.3 Å². The van der Waals surface area contributed by atoms with Crippen molar-refractivity contribution >= 4 is 17.7 Å². The number of anilines is 1. The third-order valence-corrected chi connectivity index (χ3v) is 5.09. The third-order valence-electron chi connectivity index (χ3n) is 5.09. The molecule has 2 aromatic carbocycles. The molecule has 1 N–H and O–H groups in total. The smallest absolute Gasteiger partial charge is 0.295 e. The van der Waals surface area contributed by atoms with Crippen LogP contribution in [-0.4, -0.2) is 25.1 Å². The molecule has 0 radical (unpaired) electrons. The number of para-hydroxylation sites is 2. The Labute approximate surface area is 184 Å². The van der Waals surface area contributed by atoms with Crippen LogP contribution in [0.5, 0.6) is 0 Å². The van der Waals surface area contributed by atoms with Crippen molar-refractivity contribution in [1.82, 2.24) is 19.1 Å². The summed E-state index contributed by atoms with van der Waals surface area (Å²) in [6, 6.07) is 20.5. The molecule has 8 nitrogen and oxygen atoms in total. The maximum absolute atomic E-state index is 13.0. The van der Waals surface area contributed by atoms with E-state index in [0.29, 0.717) is 16.9 Å². The van der Waals surface area contributed by atoms with Gasteiger partial charge in [0.2, 0.25) is 0 Å². The van der Waals surface area contributed by atoms with Gasteiger partial charge in [-0.1, -0.05) is 36.4 Å². The summed E-state index contributed by atoms with van der Waals surface area (Å²) in [6.07, 6.45) is 4.72. The number of carbonyl (C=O) groups excluding carboxylic acids is 1. The van der Waals surface area contributed by atoms with Crippen molar-refractivity contribution in [3.05, 3.63) is 100 Å². The second-order valence-corrected chi connectivity index (χ2v) is 7.11. The lowest BCUT2D eigenvalue weighted by atomic mass is 10.2. The Morgan fingerprint density at radius 2 is 1.69 bits per heavy atom. The monoisotopic (exact) mass is 424 g/mol. The van der Waals surface area contributed by atoms with Gasteiger partial charge < -0.3 is 5.32 Å². The molecule has 8 heteroatoms. The second kappa shape index (κ2) is 8.62. The number of aromatic nitrogens is 4. The molecule has 0 saturated heterocycles. The quantitative estimate of drug-likeness (QED) is 0.393. The summed E-state index contributed by atoms with van der Waals surface area (Å²) >= 11 is 0. The SMILES string of the molecule is Cc1c(NC(=O)/C(C#N)=C/c2cnn(-c3ccccc3)c2)c(=O)n(-c2ccccc2)n1C. The molecule has 2 heterocycles. The number of hydrogen-bond donors (Lipinski definition) is 1. The van der Waals surface area contributed by atoms with Gasteiger partial charge >= 0.3 is 0 Å². The highest BCUT2D eigenvalue weighted by Gasteiger charge is 2.20. The van der Waals surface area contributed by atoms with Gasteiger partial charge in [0.25, 0.3) is 11.5 Å². The zero-order chi connectivity index (χ0) is 22.7. The second-order valence-electron chi connectivity index (χ2n) is 7.11. The molecule has 0 spiro atoms. The van der Waals surface area contributed by atoms with Crippen LogP contribution in [0, 0.1) is 18.3 Å². The van der Waals surface area contributed by atoms with Crippen molar-refractivity contribution in [2.24, 2.45) is 7.05 Å². The molecule has 0 aliphatic rings. The molecule has 1 amide bonds. The fourth-order valence-electron chi connectivity index (χ4n) is 3.34. The summed E-state index contributed by atoms with van der Waals surface area (Å²) in [6.45, 7) is 1.73. The van der Waals surface area contributed by atoms with Crippen LogP contribution in [0.25, 0.3) is 17.5 Å². The van der Waals surface area contributed by atoms with E-state index < -0.39 is 5.91 Å². The maximum Gasteiger partial charge on any atom is 0.295 e. The summed E-state index contributed by atoms with van der Waals surface area (Å²) in [5.74, 6) is -0.661. The van der Waals surface area contributed by atoms with Crippen LogP contribution in [-0.2, 0) is 11.8 Å². The largest absolute Gasteiger partial charge is 0.315 e. The van der Waals surface area contributed by atoms with Crippen LogP contribution in [0.3, 0.4) is 0 Å². The van der Waals surface area contributed by atoms with Crippen LogP contribution >= 0.6 is 0 Å². The normalized spacial score (nSPS) is 11.2. The fourth-order valence-corrected chi connectivity index (χ4v) is 3.34. The minimum absolute atomic E-state index is 0.127. The van der Waals surface area contributed by atoms with Crippen molar-refractivity contribution in [2.45, 2.75) is 6.92 Å². The number of amides is 1. The Kier molecular flexibility index (Phi) is 5.55. The van der Waals surface area contributed by atoms with E-state index in [1.54, 1.807) is 47.9 Å². The molecule has 0 aliphatic heterocycles. The van der Waals surface area contributed by atoms with Crippen molar-refractivity contribution in [2.75, 3.05) is 5.32 Å². The van der Waals surface area contributed by atoms with Gasteiger partial charge in [0.05, 0.1) is 23.3 Å². The summed E-state index contributed by atoms with van der Waals surface area (Å²) in [7, 11) is 1.73. The molecule has 2 aromatic heterocycles. The fraction of sp³-hybridized carbons (Fsp3) is 0.0833. The van der Waals surface area contributed by atoms with Crippen molar-refractivity contribution < 1.29 is 4.79 Å². The van der Waals surface area contributed by atoms with Gasteiger partial charge in [0.1, 0.15) is 17.3 Å². The predicted molar refractivity (Wildman–Crippen MR) is 122 cm³/mol. The Hall–Kier alpha value is -4.64. The zero-order valence-corrected chi connectivity index (χ0v) is 17.6. The van der Waals surface area contributed by atoms with Crippen LogP contribution in [0.15, 0.2) is 83.4 Å². The Morgan fingerprint density at radius 1 is 1.06 bits per heavy atom. The molecular weight excluding hydrogens is 404 g/mol. The molecule has 4 aromatic rings. The van der Waals surface area contributed by atoms with E-state index in [1.165, 1.54) is 10.8 Å². The Morgan fingerprint density at radius 3 is 2.31 bits per heavy atom. The third kappa shape index (κ3) is 3.87.